The Kier molecular flexibility index (Phi) is 10.4. The van der Waals surface area contributed by atoms with Crippen LogP contribution in [-0.2, 0) is 22.6 Å². The SMILES string of the molecule is CC(NC(=O)CN)C(=O)NCc1ccc(C(=N)N)cc1.CCc1ccc(Cl)cc1. The highest BCUT2D eigenvalue weighted by Crippen LogP contribution is 2.09. The Labute approximate surface area is 176 Å². The van der Waals surface area contributed by atoms with Gasteiger partial charge in [0.15, 0.2) is 0 Å². The summed E-state index contributed by atoms with van der Waals surface area (Å²) >= 11 is 5.67. The molecular formula is C21H28ClN5O2. The van der Waals surface area contributed by atoms with Crippen molar-refractivity contribution in [2.75, 3.05) is 6.54 Å². The van der Waals surface area contributed by atoms with Crippen LogP contribution in [0.3, 0.4) is 0 Å². The third-order valence-electron chi connectivity index (χ3n) is 4.01. The maximum Gasteiger partial charge on any atom is 0.242 e. The van der Waals surface area contributed by atoms with Crippen LogP contribution in [-0.4, -0.2) is 30.2 Å². The van der Waals surface area contributed by atoms with Gasteiger partial charge in [-0.15, -0.1) is 0 Å². The topological polar surface area (TPSA) is 134 Å². The number of carbonyl (C=O) groups is 2. The summed E-state index contributed by atoms with van der Waals surface area (Å²) in [4.78, 5) is 22.8. The highest BCUT2D eigenvalue weighted by atomic mass is 35.5. The first-order chi connectivity index (χ1) is 13.8. The zero-order chi connectivity index (χ0) is 21.8. The molecule has 1 unspecified atom stereocenters. The van der Waals surface area contributed by atoms with Gasteiger partial charge >= 0.3 is 0 Å². The molecule has 0 aromatic heterocycles. The highest BCUT2D eigenvalue weighted by Gasteiger charge is 2.14. The second-order valence-electron chi connectivity index (χ2n) is 6.30. The third kappa shape index (κ3) is 9.23. The zero-order valence-corrected chi connectivity index (χ0v) is 17.4. The third-order valence-corrected chi connectivity index (χ3v) is 4.26. The molecule has 29 heavy (non-hydrogen) atoms. The van der Waals surface area contributed by atoms with Crippen molar-refractivity contribution >= 4 is 29.3 Å². The van der Waals surface area contributed by atoms with Gasteiger partial charge in [0.2, 0.25) is 11.8 Å². The van der Waals surface area contributed by atoms with Crippen molar-refractivity contribution < 1.29 is 9.59 Å². The Hall–Kier alpha value is -2.90. The van der Waals surface area contributed by atoms with Gasteiger partial charge in [-0.3, -0.25) is 15.0 Å². The molecule has 0 aliphatic rings. The minimum atomic E-state index is -0.637. The highest BCUT2D eigenvalue weighted by molar-refractivity contribution is 6.30. The average Bonchev–Trinajstić information content (AvgIpc) is 2.73. The first kappa shape index (κ1) is 24.1. The van der Waals surface area contributed by atoms with Gasteiger partial charge in [-0.25, -0.2) is 0 Å². The Balaban J connectivity index is 0.000000387. The second-order valence-corrected chi connectivity index (χ2v) is 6.74. The van der Waals surface area contributed by atoms with Crippen molar-refractivity contribution in [2.45, 2.75) is 32.9 Å². The van der Waals surface area contributed by atoms with Gasteiger partial charge in [0.25, 0.3) is 0 Å². The smallest absolute Gasteiger partial charge is 0.242 e. The fraction of sp³-hybridized carbons (Fsp3) is 0.286. The average molecular weight is 418 g/mol. The number of hydrogen-bond acceptors (Lipinski definition) is 4. The summed E-state index contributed by atoms with van der Waals surface area (Å²) in [6.07, 6.45) is 1.08. The van der Waals surface area contributed by atoms with E-state index in [4.69, 9.17) is 28.5 Å². The minimum absolute atomic E-state index is 0.00120. The normalized spacial score (nSPS) is 10.9. The van der Waals surface area contributed by atoms with Crippen LogP contribution in [0.2, 0.25) is 5.02 Å². The molecule has 7 nitrogen and oxygen atoms in total. The Morgan fingerprint density at radius 1 is 1.07 bits per heavy atom. The number of carbonyl (C=O) groups excluding carboxylic acids is 2. The van der Waals surface area contributed by atoms with Gasteiger partial charge in [-0.1, -0.05) is 54.9 Å². The van der Waals surface area contributed by atoms with Gasteiger partial charge < -0.3 is 22.1 Å². The quantitative estimate of drug-likeness (QED) is 0.347. The van der Waals surface area contributed by atoms with E-state index in [1.54, 1.807) is 31.2 Å². The van der Waals surface area contributed by atoms with Crippen LogP contribution in [0, 0.1) is 5.41 Å². The summed E-state index contributed by atoms with van der Waals surface area (Å²) in [6, 6.07) is 14.3. The van der Waals surface area contributed by atoms with E-state index in [1.165, 1.54) is 5.56 Å². The zero-order valence-electron chi connectivity index (χ0n) is 16.7. The van der Waals surface area contributed by atoms with Crippen molar-refractivity contribution in [3.05, 3.63) is 70.2 Å². The number of nitrogens with two attached hydrogens (primary N) is 2. The second kappa shape index (κ2) is 12.5. The van der Waals surface area contributed by atoms with E-state index in [0.717, 1.165) is 17.0 Å². The number of benzene rings is 2. The summed E-state index contributed by atoms with van der Waals surface area (Å²) in [5.41, 5.74) is 13.3. The number of nitrogens with one attached hydrogen (secondary N) is 3. The lowest BCUT2D eigenvalue weighted by Crippen LogP contribution is -2.46. The van der Waals surface area contributed by atoms with E-state index in [-0.39, 0.29) is 24.2 Å². The fourth-order valence-electron chi connectivity index (χ4n) is 2.23. The molecule has 0 spiro atoms. The number of rotatable bonds is 7. The van der Waals surface area contributed by atoms with Gasteiger partial charge in [0.05, 0.1) is 6.54 Å². The van der Waals surface area contributed by atoms with E-state index >= 15 is 0 Å². The van der Waals surface area contributed by atoms with E-state index in [9.17, 15) is 9.59 Å². The number of aryl methyl sites for hydroxylation is 1. The number of hydrogen-bond donors (Lipinski definition) is 5. The maximum atomic E-state index is 11.7. The molecule has 2 aromatic rings. The lowest BCUT2D eigenvalue weighted by atomic mass is 10.1. The molecule has 0 saturated heterocycles. The standard InChI is InChI=1S/C13H19N5O2.C8H9Cl/c1-8(18-11(19)6-14)13(20)17-7-9-2-4-10(5-3-9)12(15)16;1-2-7-3-5-8(9)6-4-7/h2-5,8H,6-7,14H2,1H3,(H3,15,16)(H,17,20)(H,18,19);3-6H,2H2,1H3. The van der Waals surface area contributed by atoms with E-state index in [1.807, 2.05) is 24.3 Å². The molecule has 2 aromatic carbocycles. The van der Waals surface area contributed by atoms with E-state index in [2.05, 4.69) is 17.6 Å². The van der Waals surface area contributed by atoms with Crippen molar-refractivity contribution in [2.24, 2.45) is 11.5 Å². The molecule has 7 N–H and O–H groups in total. The number of amides is 2. The number of nitrogen functional groups attached to an aromatic ring is 1. The fourth-order valence-corrected chi connectivity index (χ4v) is 2.36. The van der Waals surface area contributed by atoms with Crippen LogP contribution in [0.15, 0.2) is 48.5 Å². The van der Waals surface area contributed by atoms with Crippen molar-refractivity contribution in [1.29, 1.82) is 5.41 Å². The maximum absolute atomic E-state index is 11.7. The van der Waals surface area contributed by atoms with E-state index < -0.39 is 6.04 Å². The van der Waals surface area contributed by atoms with Crippen LogP contribution in [0.1, 0.15) is 30.5 Å². The Morgan fingerprint density at radius 3 is 2.10 bits per heavy atom. The predicted molar refractivity (Wildman–Crippen MR) is 117 cm³/mol. The van der Waals surface area contributed by atoms with Crippen molar-refractivity contribution in [1.82, 2.24) is 10.6 Å². The molecular weight excluding hydrogens is 390 g/mol. The molecule has 156 valence electrons. The number of amidine groups is 1. The van der Waals surface area contributed by atoms with Crippen molar-refractivity contribution in [3.8, 4) is 0 Å². The van der Waals surface area contributed by atoms with Crippen LogP contribution in [0.25, 0.3) is 0 Å². The molecule has 2 rings (SSSR count). The lowest BCUT2D eigenvalue weighted by Gasteiger charge is -2.13. The first-order valence-electron chi connectivity index (χ1n) is 9.21. The van der Waals surface area contributed by atoms with Gasteiger partial charge in [-0.2, -0.15) is 0 Å². The predicted octanol–water partition coefficient (Wildman–Crippen LogP) is 1.95. The molecule has 0 aliphatic heterocycles. The summed E-state index contributed by atoms with van der Waals surface area (Å²) in [7, 11) is 0. The van der Waals surface area contributed by atoms with Crippen LogP contribution >= 0.6 is 11.6 Å². The van der Waals surface area contributed by atoms with Crippen LogP contribution in [0.4, 0.5) is 0 Å². The first-order valence-corrected chi connectivity index (χ1v) is 9.59. The molecule has 0 radical (unpaired) electrons. The lowest BCUT2D eigenvalue weighted by molar-refractivity contribution is -0.128. The summed E-state index contributed by atoms with van der Waals surface area (Å²) < 4.78 is 0. The summed E-state index contributed by atoms with van der Waals surface area (Å²) in [5.74, 6) is -0.667. The monoisotopic (exact) mass is 417 g/mol. The van der Waals surface area contributed by atoms with Gasteiger partial charge in [-0.05, 0) is 36.6 Å². The van der Waals surface area contributed by atoms with Crippen LogP contribution < -0.4 is 22.1 Å². The molecule has 0 fully saturated rings. The molecule has 0 bridgehead atoms. The van der Waals surface area contributed by atoms with E-state index in [0.29, 0.717) is 12.1 Å². The molecule has 8 heteroatoms. The van der Waals surface area contributed by atoms with Crippen molar-refractivity contribution in [3.63, 3.8) is 0 Å². The molecule has 0 aliphatic carbocycles. The minimum Gasteiger partial charge on any atom is -0.384 e. The van der Waals surface area contributed by atoms with Gasteiger partial charge in [0.1, 0.15) is 11.9 Å². The molecule has 1 atom stereocenters. The summed E-state index contributed by atoms with van der Waals surface area (Å²) in [6.45, 7) is 3.90. The summed E-state index contributed by atoms with van der Waals surface area (Å²) in [5, 5.41) is 13.3. The van der Waals surface area contributed by atoms with Crippen LogP contribution in [0.5, 0.6) is 0 Å². The Bertz CT molecular complexity index is 807. The molecule has 0 heterocycles. The van der Waals surface area contributed by atoms with Gasteiger partial charge in [0, 0.05) is 17.1 Å². The Morgan fingerprint density at radius 2 is 1.62 bits per heavy atom. The largest absolute Gasteiger partial charge is 0.384 e. The molecule has 0 saturated carbocycles. The molecule has 2 amide bonds. The number of halogens is 1.